The molecule has 1 saturated carbocycles. The fourth-order valence-electron chi connectivity index (χ4n) is 1.69. The van der Waals surface area contributed by atoms with E-state index in [0.29, 0.717) is 5.92 Å². The second-order valence-electron chi connectivity index (χ2n) is 4.59. The third-order valence-corrected chi connectivity index (χ3v) is 4.42. The lowest BCUT2D eigenvalue weighted by molar-refractivity contribution is 0.568. The summed E-state index contributed by atoms with van der Waals surface area (Å²) in [5, 5.41) is 0. The first kappa shape index (κ1) is 12.5. The number of hydrogen-bond donors (Lipinski definition) is 2. The molecular weight excluding hydrogens is 236 g/mol. The molecule has 1 fully saturated rings. The highest BCUT2D eigenvalue weighted by atomic mass is 32.2. The largest absolute Gasteiger partial charge is 0.323 e. The van der Waals surface area contributed by atoms with E-state index in [9.17, 15) is 8.42 Å². The maximum absolute atomic E-state index is 11.7. The second kappa shape index (κ2) is 5.16. The summed E-state index contributed by atoms with van der Waals surface area (Å²) in [6.45, 7) is 0.263. The van der Waals surface area contributed by atoms with Gasteiger partial charge < -0.3 is 5.73 Å². The van der Waals surface area contributed by atoms with E-state index < -0.39 is 10.0 Å². The third-order valence-electron chi connectivity index (χ3n) is 2.90. The molecule has 0 aromatic heterocycles. The monoisotopic (exact) mass is 254 g/mol. The van der Waals surface area contributed by atoms with Gasteiger partial charge in [0.15, 0.2) is 0 Å². The third kappa shape index (κ3) is 4.11. The normalized spacial score (nSPS) is 17.9. The molecule has 5 heteroatoms. The number of nitrogens with two attached hydrogens (primary N) is 1. The summed E-state index contributed by atoms with van der Waals surface area (Å²) in [7, 11) is -3.15. The van der Waals surface area contributed by atoms with Crippen LogP contribution in [0.15, 0.2) is 30.3 Å². The molecule has 1 atom stereocenters. The van der Waals surface area contributed by atoms with Gasteiger partial charge >= 0.3 is 0 Å². The van der Waals surface area contributed by atoms with Crippen LogP contribution in [0.25, 0.3) is 0 Å². The highest BCUT2D eigenvalue weighted by Crippen LogP contribution is 2.29. The number of nitrogens with one attached hydrogen (secondary N) is 1. The predicted molar refractivity (Wildman–Crippen MR) is 67.9 cm³/mol. The lowest BCUT2D eigenvalue weighted by atomic mass is 10.1. The van der Waals surface area contributed by atoms with E-state index in [2.05, 4.69) is 4.72 Å². The Morgan fingerprint density at radius 3 is 2.53 bits per heavy atom. The molecule has 0 spiro atoms. The van der Waals surface area contributed by atoms with Gasteiger partial charge in [0.05, 0.1) is 5.75 Å². The van der Waals surface area contributed by atoms with E-state index in [1.807, 2.05) is 30.3 Å². The first-order chi connectivity index (χ1) is 8.07. The minimum absolute atomic E-state index is 0.245. The van der Waals surface area contributed by atoms with Crippen LogP contribution in [0.3, 0.4) is 0 Å². The van der Waals surface area contributed by atoms with E-state index in [1.165, 1.54) is 0 Å². The minimum atomic E-state index is -3.15. The molecule has 1 aliphatic carbocycles. The minimum Gasteiger partial charge on any atom is -0.323 e. The molecule has 0 amide bonds. The van der Waals surface area contributed by atoms with Gasteiger partial charge in [0, 0.05) is 12.6 Å². The molecule has 1 unspecified atom stereocenters. The van der Waals surface area contributed by atoms with E-state index in [4.69, 9.17) is 5.73 Å². The topological polar surface area (TPSA) is 72.2 Å². The Hall–Kier alpha value is -0.910. The number of sulfonamides is 1. The van der Waals surface area contributed by atoms with E-state index in [1.54, 1.807) is 0 Å². The Kier molecular flexibility index (Phi) is 3.81. The van der Waals surface area contributed by atoms with Crippen molar-refractivity contribution in [2.24, 2.45) is 11.7 Å². The van der Waals surface area contributed by atoms with Crippen molar-refractivity contribution in [1.82, 2.24) is 4.72 Å². The lowest BCUT2D eigenvalue weighted by Gasteiger charge is -2.13. The summed E-state index contributed by atoms with van der Waals surface area (Å²) >= 11 is 0. The van der Waals surface area contributed by atoms with Crippen molar-refractivity contribution in [2.45, 2.75) is 18.9 Å². The zero-order valence-corrected chi connectivity index (χ0v) is 10.5. The number of hydrogen-bond acceptors (Lipinski definition) is 3. The van der Waals surface area contributed by atoms with Gasteiger partial charge in [-0.2, -0.15) is 0 Å². The van der Waals surface area contributed by atoms with Crippen molar-refractivity contribution in [2.75, 3.05) is 12.3 Å². The van der Waals surface area contributed by atoms with E-state index in [0.717, 1.165) is 18.4 Å². The van der Waals surface area contributed by atoms with Crippen LogP contribution in [0, 0.1) is 5.92 Å². The van der Waals surface area contributed by atoms with Crippen LogP contribution in [-0.4, -0.2) is 20.7 Å². The summed E-state index contributed by atoms with van der Waals surface area (Å²) < 4.78 is 25.9. The smallest absolute Gasteiger partial charge is 0.211 e. The van der Waals surface area contributed by atoms with E-state index in [-0.39, 0.29) is 18.3 Å². The fraction of sp³-hybridized carbons (Fsp3) is 0.500. The maximum atomic E-state index is 11.7. The number of benzene rings is 1. The van der Waals surface area contributed by atoms with Crippen molar-refractivity contribution in [1.29, 1.82) is 0 Å². The quantitative estimate of drug-likeness (QED) is 0.796. The summed E-state index contributed by atoms with van der Waals surface area (Å²) in [5.74, 6) is 0.606. The Morgan fingerprint density at radius 2 is 1.94 bits per heavy atom. The van der Waals surface area contributed by atoms with E-state index >= 15 is 0 Å². The standard InChI is InChI=1S/C12H18N2O2S/c13-12(11-4-2-1-3-5-11)8-14-17(15,16)9-10-6-7-10/h1-5,10,12,14H,6-9,13H2. The molecule has 2 rings (SSSR count). The molecular formula is C12H18N2O2S. The lowest BCUT2D eigenvalue weighted by Crippen LogP contribution is -2.33. The Morgan fingerprint density at radius 1 is 1.29 bits per heavy atom. The van der Waals surface area contributed by atoms with Crippen LogP contribution < -0.4 is 10.5 Å². The Balaban J connectivity index is 1.85. The molecule has 0 heterocycles. The first-order valence-corrected chi connectivity index (χ1v) is 7.50. The molecule has 3 N–H and O–H groups in total. The molecule has 1 aromatic carbocycles. The van der Waals surface area contributed by atoms with Crippen LogP contribution >= 0.6 is 0 Å². The van der Waals surface area contributed by atoms with Gasteiger partial charge in [-0.15, -0.1) is 0 Å². The molecule has 4 nitrogen and oxygen atoms in total. The first-order valence-electron chi connectivity index (χ1n) is 5.85. The summed E-state index contributed by atoms with van der Waals surface area (Å²) in [6, 6.07) is 9.22. The molecule has 0 radical (unpaired) electrons. The molecule has 94 valence electrons. The van der Waals surface area contributed by atoms with Crippen molar-refractivity contribution in [3.63, 3.8) is 0 Å². The maximum Gasteiger partial charge on any atom is 0.211 e. The van der Waals surface area contributed by atoms with Crippen LogP contribution in [0.4, 0.5) is 0 Å². The molecule has 1 aliphatic rings. The van der Waals surface area contributed by atoms with Crippen molar-refractivity contribution < 1.29 is 8.42 Å². The molecule has 0 aliphatic heterocycles. The second-order valence-corrected chi connectivity index (χ2v) is 6.44. The SMILES string of the molecule is NC(CNS(=O)(=O)CC1CC1)c1ccccc1. The Bertz CT molecular complexity index is 455. The zero-order valence-electron chi connectivity index (χ0n) is 9.67. The van der Waals surface area contributed by atoms with Gasteiger partial charge in [-0.05, 0) is 24.3 Å². The van der Waals surface area contributed by atoms with Crippen molar-refractivity contribution >= 4 is 10.0 Å². The van der Waals surface area contributed by atoms with Gasteiger partial charge in [-0.25, -0.2) is 13.1 Å². The Labute approximate surface area is 102 Å². The summed E-state index contributed by atoms with van der Waals surface area (Å²) in [6.07, 6.45) is 2.07. The highest BCUT2D eigenvalue weighted by Gasteiger charge is 2.27. The highest BCUT2D eigenvalue weighted by molar-refractivity contribution is 7.89. The van der Waals surface area contributed by atoms with Gasteiger partial charge in [0.2, 0.25) is 10.0 Å². The van der Waals surface area contributed by atoms with Crippen LogP contribution in [0.1, 0.15) is 24.4 Å². The van der Waals surface area contributed by atoms with Gasteiger partial charge in [-0.3, -0.25) is 0 Å². The summed E-state index contributed by atoms with van der Waals surface area (Å²) in [4.78, 5) is 0. The van der Waals surface area contributed by atoms with Gasteiger partial charge in [-0.1, -0.05) is 30.3 Å². The van der Waals surface area contributed by atoms with Crippen LogP contribution in [-0.2, 0) is 10.0 Å². The van der Waals surface area contributed by atoms with Gasteiger partial charge in [0.25, 0.3) is 0 Å². The van der Waals surface area contributed by atoms with Crippen molar-refractivity contribution in [3.05, 3.63) is 35.9 Å². The predicted octanol–water partition coefficient (Wildman–Crippen LogP) is 1.02. The molecule has 0 bridgehead atoms. The van der Waals surface area contributed by atoms with Crippen LogP contribution in [0.2, 0.25) is 0 Å². The zero-order chi connectivity index (χ0) is 12.3. The van der Waals surface area contributed by atoms with Crippen LogP contribution in [0.5, 0.6) is 0 Å². The average Bonchev–Trinajstić information content (AvgIpc) is 3.10. The van der Waals surface area contributed by atoms with Gasteiger partial charge in [0.1, 0.15) is 0 Å². The van der Waals surface area contributed by atoms with Crippen molar-refractivity contribution in [3.8, 4) is 0 Å². The average molecular weight is 254 g/mol. The fourth-order valence-corrected chi connectivity index (χ4v) is 3.19. The summed E-state index contributed by atoms with van der Waals surface area (Å²) in [5.41, 5.74) is 6.87. The molecule has 0 saturated heterocycles. The molecule has 17 heavy (non-hydrogen) atoms. The number of rotatable bonds is 6. The molecule has 1 aromatic rings.